The SMILES string of the molecule is CCCN1Cc2c(C(=O)N(C)C)ncn2-c2ccc(OC)cc2C1=O. The van der Waals surface area contributed by atoms with Crippen molar-refractivity contribution in [2.75, 3.05) is 27.7 Å². The van der Waals surface area contributed by atoms with E-state index in [9.17, 15) is 9.59 Å². The van der Waals surface area contributed by atoms with E-state index < -0.39 is 0 Å². The number of methoxy groups -OCH3 is 1. The number of ether oxygens (including phenoxy) is 1. The van der Waals surface area contributed by atoms with Crippen molar-refractivity contribution in [2.45, 2.75) is 19.9 Å². The van der Waals surface area contributed by atoms with Crippen LogP contribution in [0.15, 0.2) is 24.5 Å². The summed E-state index contributed by atoms with van der Waals surface area (Å²) in [5.74, 6) is 0.383. The molecule has 1 aromatic carbocycles. The van der Waals surface area contributed by atoms with E-state index in [0.29, 0.717) is 35.8 Å². The van der Waals surface area contributed by atoms with Crippen LogP contribution in [0.5, 0.6) is 5.75 Å². The molecule has 2 aromatic rings. The Morgan fingerprint density at radius 3 is 2.76 bits per heavy atom. The minimum absolute atomic E-state index is 0.0669. The average Bonchev–Trinajstić information content (AvgIpc) is 2.98. The Hall–Kier alpha value is -2.83. The molecule has 0 unspecified atom stereocenters. The number of nitrogens with zero attached hydrogens (tertiary/aromatic N) is 4. The van der Waals surface area contributed by atoms with Crippen LogP contribution in [0.1, 0.15) is 39.9 Å². The largest absolute Gasteiger partial charge is 0.497 e. The van der Waals surface area contributed by atoms with Crippen LogP contribution in [0.3, 0.4) is 0 Å². The molecular weight excluding hydrogens is 320 g/mol. The van der Waals surface area contributed by atoms with E-state index in [1.54, 1.807) is 44.6 Å². The average molecular weight is 342 g/mol. The Balaban J connectivity index is 2.21. The first-order valence-electron chi connectivity index (χ1n) is 8.23. The number of carbonyl (C=O) groups excluding carboxylic acids is 2. The zero-order chi connectivity index (χ0) is 18.1. The molecule has 0 fully saturated rings. The van der Waals surface area contributed by atoms with Gasteiger partial charge in [0.05, 0.1) is 30.6 Å². The second kappa shape index (κ2) is 6.58. The first-order valence-corrected chi connectivity index (χ1v) is 8.23. The number of aromatic nitrogens is 2. The first-order chi connectivity index (χ1) is 12.0. The van der Waals surface area contributed by atoms with Crippen molar-refractivity contribution in [3.8, 4) is 11.4 Å². The van der Waals surface area contributed by atoms with Crippen LogP contribution in [-0.2, 0) is 6.54 Å². The van der Waals surface area contributed by atoms with Gasteiger partial charge in [-0.25, -0.2) is 4.98 Å². The normalized spacial score (nSPS) is 13.1. The topological polar surface area (TPSA) is 67.7 Å². The summed E-state index contributed by atoms with van der Waals surface area (Å²) in [6.07, 6.45) is 2.44. The maximum absolute atomic E-state index is 13.0. The van der Waals surface area contributed by atoms with Crippen molar-refractivity contribution in [3.63, 3.8) is 0 Å². The van der Waals surface area contributed by atoms with E-state index in [1.165, 1.54) is 4.90 Å². The summed E-state index contributed by atoms with van der Waals surface area (Å²) in [7, 11) is 4.96. The Bertz CT molecular complexity index is 826. The van der Waals surface area contributed by atoms with E-state index >= 15 is 0 Å². The second-order valence-electron chi connectivity index (χ2n) is 6.22. The van der Waals surface area contributed by atoms with Gasteiger partial charge < -0.3 is 14.5 Å². The fourth-order valence-corrected chi connectivity index (χ4v) is 3.02. The van der Waals surface area contributed by atoms with Gasteiger partial charge in [-0.05, 0) is 24.6 Å². The maximum atomic E-state index is 13.0. The molecule has 0 radical (unpaired) electrons. The molecule has 7 nitrogen and oxygen atoms in total. The number of hydrogen-bond donors (Lipinski definition) is 0. The quantitative estimate of drug-likeness (QED) is 0.852. The summed E-state index contributed by atoms with van der Waals surface area (Å²) in [5.41, 5.74) is 2.37. The minimum atomic E-state index is -0.172. The zero-order valence-electron chi connectivity index (χ0n) is 14.9. The molecule has 2 heterocycles. The van der Waals surface area contributed by atoms with Gasteiger partial charge in [0.1, 0.15) is 12.1 Å². The molecule has 1 aliphatic rings. The molecule has 0 saturated carbocycles. The third-order valence-corrected chi connectivity index (χ3v) is 4.29. The van der Waals surface area contributed by atoms with Gasteiger partial charge in [0.15, 0.2) is 5.69 Å². The molecule has 0 saturated heterocycles. The van der Waals surface area contributed by atoms with Crippen molar-refractivity contribution in [1.82, 2.24) is 19.4 Å². The van der Waals surface area contributed by atoms with Crippen LogP contribution in [0.4, 0.5) is 0 Å². The first kappa shape index (κ1) is 17.0. The highest BCUT2D eigenvalue weighted by Gasteiger charge is 2.30. The lowest BCUT2D eigenvalue weighted by molar-refractivity contribution is 0.0738. The van der Waals surface area contributed by atoms with Gasteiger partial charge in [0.25, 0.3) is 11.8 Å². The molecule has 0 aliphatic carbocycles. The molecule has 25 heavy (non-hydrogen) atoms. The monoisotopic (exact) mass is 342 g/mol. The predicted octanol–water partition coefficient (Wildman–Crippen LogP) is 1.95. The lowest BCUT2D eigenvalue weighted by Crippen LogP contribution is -2.31. The molecule has 0 spiro atoms. The number of benzene rings is 1. The Kier molecular flexibility index (Phi) is 4.48. The third-order valence-electron chi connectivity index (χ3n) is 4.29. The van der Waals surface area contributed by atoms with Crippen LogP contribution in [0.2, 0.25) is 0 Å². The number of fused-ring (bicyclic) bond motifs is 3. The van der Waals surface area contributed by atoms with Crippen molar-refractivity contribution < 1.29 is 14.3 Å². The molecule has 2 amide bonds. The van der Waals surface area contributed by atoms with Crippen molar-refractivity contribution in [2.24, 2.45) is 0 Å². The molecule has 1 aliphatic heterocycles. The fourth-order valence-electron chi connectivity index (χ4n) is 3.02. The molecule has 7 heteroatoms. The molecule has 132 valence electrons. The summed E-state index contributed by atoms with van der Waals surface area (Å²) in [6.45, 7) is 2.97. The summed E-state index contributed by atoms with van der Waals surface area (Å²) in [6, 6.07) is 5.37. The predicted molar refractivity (Wildman–Crippen MR) is 93.2 cm³/mol. The molecule has 0 atom stereocenters. The molecule has 0 bridgehead atoms. The third kappa shape index (κ3) is 2.86. The highest BCUT2D eigenvalue weighted by atomic mass is 16.5. The van der Waals surface area contributed by atoms with Gasteiger partial charge in [-0.2, -0.15) is 0 Å². The van der Waals surface area contributed by atoms with Crippen molar-refractivity contribution in [3.05, 3.63) is 41.5 Å². The molecule has 3 rings (SSSR count). The summed E-state index contributed by atoms with van der Waals surface area (Å²) >= 11 is 0. The summed E-state index contributed by atoms with van der Waals surface area (Å²) in [5, 5.41) is 0. The highest BCUT2D eigenvalue weighted by molar-refractivity contribution is 6.00. The van der Waals surface area contributed by atoms with Gasteiger partial charge in [-0.15, -0.1) is 0 Å². The standard InChI is InChI=1S/C18H22N4O3/c1-5-8-21-10-15-16(18(24)20(2)3)19-11-22(15)14-7-6-12(25-4)9-13(14)17(21)23/h6-7,9,11H,5,8,10H2,1-4H3. The van der Waals surface area contributed by atoms with E-state index in [4.69, 9.17) is 4.74 Å². The van der Waals surface area contributed by atoms with Gasteiger partial charge in [0, 0.05) is 20.6 Å². The maximum Gasteiger partial charge on any atom is 0.273 e. The number of imidazole rings is 1. The van der Waals surface area contributed by atoms with Crippen molar-refractivity contribution >= 4 is 11.8 Å². The number of hydrogen-bond acceptors (Lipinski definition) is 4. The lowest BCUT2D eigenvalue weighted by Gasteiger charge is -2.20. The van der Waals surface area contributed by atoms with E-state index in [2.05, 4.69) is 4.98 Å². The molecule has 0 N–H and O–H groups in total. The zero-order valence-corrected chi connectivity index (χ0v) is 14.9. The molecule has 1 aromatic heterocycles. The highest BCUT2D eigenvalue weighted by Crippen LogP contribution is 2.29. The van der Waals surface area contributed by atoms with E-state index in [1.807, 2.05) is 17.6 Å². The van der Waals surface area contributed by atoms with Gasteiger partial charge in [0.2, 0.25) is 0 Å². The van der Waals surface area contributed by atoms with Crippen LogP contribution < -0.4 is 4.74 Å². The minimum Gasteiger partial charge on any atom is -0.497 e. The van der Waals surface area contributed by atoms with Crippen LogP contribution in [0, 0.1) is 0 Å². The smallest absolute Gasteiger partial charge is 0.273 e. The van der Waals surface area contributed by atoms with Gasteiger partial charge in [-0.3, -0.25) is 14.2 Å². The number of amides is 2. The Labute approximate surface area is 146 Å². The van der Waals surface area contributed by atoms with Crippen LogP contribution >= 0.6 is 0 Å². The Morgan fingerprint density at radius 1 is 1.36 bits per heavy atom. The Morgan fingerprint density at radius 2 is 2.12 bits per heavy atom. The van der Waals surface area contributed by atoms with E-state index in [0.717, 1.165) is 12.1 Å². The van der Waals surface area contributed by atoms with Gasteiger partial charge >= 0.3 is 0 Å². The summed E-state index contributed by atoms with van der Waals surface area (Å²) in [4.78, 5) is 33.1. The summed E-state index contributed by atoms with van der Waals surface area (Å²) < 4.78 is 7.10. The molecular formula is C18H22N4O3. The number of carbonyl (C=O) groups is 2. The number of rotatable bonds is 4. The lowest BCUT2D eigenvalue weighted by atomic mass is 10.1. The van der Waals surface area contributed by atoms with Crippen LogP contribution in [0.25, 0.3) is 5.69 Å². The van der Waals surface area contributed by atoms with Crippen LogP contribution in [-0.4, -0.2) is 58.9 Å². The van der Waals surface area contributed by atoms with Gasteiger partial charge in [-0.1, -0.05) is 6.92 Å². The fraction of sp³-hybridized carbons (Fsp3) is 0.389. The van der Waals surface area contributed by atoms with Crippen molar-refractivity contribution in [1.29, 1.82) is 0 Å². The second-order valence-corrected chi connectivity index (χ2v) is 6.22. The van der Waals surface area contributed by atoms with E-state index in [-0.39, 0.29) is 11.8 Å².